The highest BCUT2D eigenvalue weighted by molar-refractivity contribution is 4.99. The molecule has 0 bridgehead atoms. The minimum absolute atomic E-state index is 1.10. The maximum Gasteiger partial charge on any atom is 0.0183 e. The van der Waals surface area contributed by atoms with Crippen LogP contribution in [0.1, 0.15) is 26.7 Å². The summed E-state index contributed by atoms with van der Waals surface area (Å²) in [5.74, 6) is 0. The van der Waals surface area contributed by atoms with E-state index >= 15 is 0 Å². The minimum atomic E-state index is 1.10. The maximum absolute atomic E-state index is 2.32. The van der Waals surface area contributed by atoms with E-state index in [4.69, 9.17) is 0 Å². The van der Waals surface area contributed by atoms with Gasteiger partial charge >= 0.3 is 0 Å². The molecule has 0 atom stereocenters. The Morgan fingerprint density at radius 3 is 2.40 bits per heavy atom. The molecule has 0 rings (SSSR count). The molecule has 0 radical (unpaired) electrons. The normalized spacial score (nSPS) is 12.7. The Morgan fingerprint density at radius 1 is 1.40 bits per heavy atom. The molecule has 0 amide bonds. The summed E-state index contributed by atoms with van der Waals surface area (Å²) >= 11 is 0. The Balaban J connectivity index is 3.49. The van der Waals surface area contributed by atoms with Crippen LogP contribution < -0.4 is 0 Å². The predicted molar refractivity (Wildman–Crippen MR) is 47.2 cm³/mol. The molecule has 0 aromatic heterocycles. The van der Waals surface area contributed by atoms with Crippen LogP contribution in [0.3, 0.4) is 0 Å². The van der Waals surface area contributed by atoms with Crippen molar-refractivity contribution in [2.24, 2.45) is 0 Å². The molecule has 10 heavy (non-hydrogen) atoms. The molecule has 0 N–H and O–H groups in total. The second kappa shape index (κ2) is 5.48. The average molecular weight is 141 g/mol. The van der Waals surface area contributed by atoms with Crippen molar-refractivity contribution in [2.75, 3.05) is 20.6 Å². The summed E-state index contributed by atoms with van der Waals surface area (Å²) in [6, 6.07) is 0. The monoisotopic (exact) mass is 141 g/mol. The second-order valence-electron chi connectivity index (χ2n) is 3.08. The first-order valence-electron chi connectivity index (χ1n) is 3.97. The Bertz CT molecular complexity index is 103. The van der Waals surface area contributed by atoms with E-state index in [-0.39, 0.29) is 0 Å². The maximum atomic E-state index is 2.32. The van der Waals surface area contributed by atoms with Gasteiger partial charge in [-0.25, -0.2) is 0 Å². The Labute approximate surface area is 64.7 Å². The highest BCUT2D eigenvalue weighted by Gasteiger charge is 1.89. The van der Waals surface area contributed by atoms with E-state index in [1.165, 1.54) is 18.4 Å². The summed E-state index contributed by atoms with van der Waals surface area (Å²) in [5.41, 5.74) is 1.48. The lowest BCUT2D eigenvalue weighted by Crippen LogP contribution is -2.13. The average Bonchev–Trinajstić information content (AvgIpc) is 1.82. The molecule has 0 aliphatic carbocycles. The number of unbranched alkanes of at least 4 members (excludes halogenated alkanes) is 1. The van der Waals surface area contributed by atoms with Gasteiger partial charge in [-0.15, -0.1) is 0 Å². The van der Waals surface area contributed by atoms with Crippen LogP contribution in [0.25, 0.3) is 0 Å². The van der Waals surface area contributed by atoms with E-state index in [2.05, 4.69) is 38.9 Å². The van der Waals surface area contributed by atoms with Crippen molar-refractivity contribution in [1.29, 1.82) is 0 Å². The third-order valence-electron chi connectivity index (χ3n) is 1.35. The SMILES string of the molecule is CCCC=C(C)CN(C)C. The first kappa shape index (κ1) is 9.70. The van der Waals surface area contributed by atoms with Gasteiger partial charge in [0.05, 0.1) is 0 Å². The number of allylic oxidation sites excluding steroid dienone is 1. The standard InChI is InChI=1S/C9H19N/c1-5-6-7-9(2)8-10(3)4/h7H,5-6,8H2,1-4H3. The molecule has 0 unspecified atom stereocenters. The molecule has 1 heteroatoms. The van der Waals surface area contributed by atoms with Crippen LogP contribution in [0.5, 0.6) is 0 Å². The molecule has 0 spiro atoms. The third kappa shape index (κ3) is 5.83. The Hall–Kier alpha value is -0.300. The van der Waals surface area contributed by atoms with E-state index in [0.717, 1.165) is 6.54 Å². The Morgan fingerprint density at radius 2 is 2.00 bits per heavy atom. The molecule has 0 saturated heterocycles. The van der Waals surface area contributed by atoms with E-state index in [0.29, 0.717) is 0 Å². The predicted octanol–water partition coefficient (Wildman–Crippen LogP) is 2.29. The Kier molecular flexibility index (Phi) is 5.32. The van der Waals surface area contributed by atoms with Crippen LogP contribution in [0, 0.1) is 0 Å². The fraction of sp³-hybridized carbons (Fsp3) is 0.778. The first-order chi connectivity index (χ1) is 4.66. The van der Waals surface area contributed by atoms with Gasteiger partial charge < -0.3 is 4.90 Å². The van der Waals surface area contributed by atoms with Gasteiger partial charge in [-0.1, -0.05) is 25.0 Å². The van der Waals surface area contributed by atoms with Crippen molar-refractivity contribution >= 4 is 0 Å². The molecule has 1 nitrogen and oxygen atoms in total. The lowest BCUT2D eigenvalue weighted by atomic mass is 10.2. The molecule has 60 valence electrons. The second-order valence-corrected chi connectivity index (χ2v) is 3.08. The number of rotatable bonds is 4. The molecule has 0 fully saturated rings. The first-order valence-corrected chi connectivity index (χ1v) is 3.97. The fourth-order valence-electron chi connectivity index (χ4n) is 0.954. The van der Waals surface area contributed by atoms with Gasteiger partial charge in [0, 0.05) is 6.54 Å². The van der Waals surface area contributed by atoms with Crippen LogP contribution >= 0.6 is 0 Å². The van der Waals surface area contributed by atoms with Gasteiger partial charge in [-0.05, 0) is 27.4 Å². The zero-order valence-electron chi connectivity index (χ0n) is 7.65. The van der Waals surface area contributed by atoms with Crippen LogP contribution in [0.15, 0.2) is 11.6 Å². The zero-order valence-corrected chi connectivity index (χ0v) is 7.65. The van der Waals surface area contributed by atoms with Gasteiger partial charge in [0.15, 0.2) is 0 Å². The smallest absolute Gasteiger partial charge is 0.0183 e. The topological polar surface area (TPSA) is 3.24 Å². The summed E-state index contributed by atoms with van der Waals surface area (Å²) in [5, 5.41) is 0. The van der Waals surface area contributed by atoms with Crippen LogP contribution in [0.4, 0.5) is 0 Å². The van der Waals surface area contributed by atoms with Crippen molar-refractivity contribution < 1.29 is 0 Å². The summed E-state index contributed by atoms with van der Waals surface area (Å²) in [4.78, 5) is 2.20. The van der Waals surface area contributed by atoms with Crippen LogP contribution in [0.2, 0.25) is 0 Å². The molecule has 0 aliphatic rings. The van der Waals surface area contributed by atoms with Gasteiger partial charge in [-0.2, -0.15) is 0 Å². The van der Waals surface area contributed by atoms with Crippen molar-refractivity contribution in [3.63, 3.8) is 0 Å². The zero-order chi connectivity index (χ0) is 7.98. The lowest BCUT2D eigenvalue weighted by molar-refractivity contribution is 0.444. The van der Waals surface area contributed by atoms with Crippen molar-refractivity contribution in [1.82, 2.24) is 4.90 Å². The molecular weight excluding hydrogens is 122 g/mol. The molecule has 0 heterocycles. The minimum Gasteiger partial charge on any atom is -0.305 e. The largest absolute Gasteiger partial charge is 0.305 e. The fourth-order valence-corrected chi connectivity index (χ4v) is 0.954. The quantitative estimate of drug-likeness (QED) is 0.543. The molecule has 0 aliphatic heterocycles. The third-order valence-corrected chi connectivity index (χ3v) is 1.35. The highest BCUT2D eigenvalue weighted by atomic mass is 15.0. The molecule has 0 aromatic carbocycles. The summed E-state index contributed by atoms with van der Waals surface area (Å²) < 4.78 is 0. The van der Waals surface area contributed by atoms with Gasteiger partial charge in [-0.3, -0.25) is 0 Å². The van der Waals surface area contributed by atoms with Crippen molar-refractivity contribution in [3.05, 3.63) is 11.6 Å². The highest BCUT2D eigenvalue weighted by Crippen LogP contribution is 1.98. The van der Waals surface area contributed by atoms with Crippen LogP contribution in [-0.4, -0.2) is 25.5 Å². The lowest BCUT2D eigenvalue weighted by Gasteiger charge is -2.08. The molecule has 0 aromatic rings. The summed E-state index contributed by atoms with van der Waals surface area (Å²) in [6.07, 6.45) is 4.80. The number of hydrogen-bond donors (Lipinski definition) is 0. The van der Waals surface area contributed by atoms with Gasteiger partial charge in [0.2, 0.25) is 0 Å². The number of likely N-dealkylation sites (N-methyl/N-ethyl adjacent to an activating group) is 1. The van der Waals surface area contributed by atoms with E-state index < -0.39 is 0 Å². The van der Waals surface area contributed by atoms with E-state index in [1.54, 1.807) is 0 Å². The van der Waals surface area contributed by atoms with E-state index in [9.17, 15) is 0 Å². The number of nitrogens with zero attached hydrogens (tertiary/aromatic N) is 1. The van der Waals surface area contributed by atoms with Gasteiger partial charge in [0.25, 0.3) is 0 Å². The van der Waals surface area contributed by atoms with Crippen molar-refractivity contribution in [2.45, 2.75) is 26.7 Å². The van der Waals surface area contributed by atoms with E-state index in [1.807, 2.05) is 0 Å². The summed E-state index contributed by atoms with van der Waals surface area (Å²) in [7, 11) is 4.20. The van der Waals surface area contributed by atoms with Crippen molar-refractivity contribution in [3.8, 4) is 0 Å². The molecular formula is C9H19N. The summed E-state index contributed by atoms with van der Waals surface area (Å²) in [6.45, 7) is 5.50. The van der Waals surface area contributed by atoms with Crippen LogP contribution in [-0.2, 0) is 0 Å². The molecule has 0 saturated carbocycles. The number of hydrogen-bond acceptors (Lipinski definition) is 1. The van der Waals surface area contributed by atoms with Gasteiger partial charge in [0.1, 0.15) is 0 Å².